The summed E-state index contributed by atoms with van der Waals surface area (Å²) in [6, 6.07) is 13.2. The number of rotatable bonds is 6. The van der Waals surface area contributed by atoms with Crippen LogP contribution in [0.4, 0.5) is 0 Å². The van der Waals surface area contributed by atoms with Crippen molar-refractivity contribution >= 4 is 5.91 Å². The van der Waals surface area contributed by atoms with E-state index in [9.17, 15) is 4.79 Å². The van der Waals surface area contributed by atoms with Gasteiger partial charge in [0.05, 0.1) is 0 Å². The summed E-state index contributed by atoms with van der Waals surface area (Å²) in [6.07, 6.45) is 5.67. The van der Waals surface area contributed by atoms with Crippen LogP contribution in [0.15, 0.2) is 48.8 Å². The van der Waals surface area contributed by atoms with Crippen LogP contribution < -0.4 is 0 Å². The Morgan fingerprint density at radius 3 is 1.97 bits per heavy atom. The fourth-order valence-electron chi connectivity index (χ4n) is 4.74. The highest BCUT2D eigenvalue weighted by Crippen LogP contribution is 2.23. The molecule has 5 nitrogen and oxygen atoms in total. The van der Waals surface area contributed by atoms with Crippen molar-refractivity contribution in [2.24, 2.45) is 5.92 Å². The molecule has 0 unspecified atom stereocenters. The van der Waals surface area contributed by atoms with Crippen LogP contribution in [-0.2, 0) is 17.9 Å². The van der Waals surface area contributed by atoms with E-state index in [1.54, 1.807) is 0 Å². The number of piperidine rings is 1. The Balaban J connectivity index is 1.20. The smallest absolute Gasteiger partial charge is 0.225 e. The summed E-state index contributed by atoms with van der Waals surface area (Å²) in [5, 5.41) is 0. The second-order valence-corrected chi connectivity index (χ2v) is 9.40. The van der Waals surface area contributed by atoms with E-state index >= 15 is 0 Å². The van der Waals surface area contributed by atoms with Gasteiger partial charge in [0.25, 0.3) is 0 Å². The van der Waals surface area contributed by atoms with Crippen molar-refractivity contribution < 1.29 is 4.79 Å². The molecule has 1 aromatic heterocycles. The van der Waals surface area contributed by atoms with Crippen LogP contribution in [0.3, 0.4) is 0 Å². The Kier molecular flexibility index (Phi) is 7.36. The minimum absolute atomic E-state index is 0.200. The van der Waals surface area contributed by atoms with Crippen molar-refractivity contribution in [1.82, 2.24) is 19.7 Å². The van der Waals surface area contributed by atoms with Gasteiger partial charge in [-0.05, 0) is 60.7 Å². The lowest BCUT2D eigenvalue weighted by atomic mass is 9.94. The summed E-state index contributed by atoms with van der Waals surface area (Å²) in [6.45, 7) is 12.1. The minimum Gasteiger partial charge on any atom is -0.340 e. The number of carbonyl (C=O) groups is 1. The predicted molar refractivity (Wildman–Crippen MR) is 125 cm³/mol. The van der Waals surface area contributed by atoms with Crippen molar-refractivity contribution in [3.63, 3.8) is 0 Å². The van der Waals surface area contributed by atoms with E-state index in [-0.39, 0.29) is 5.92 Å². The van der Waals surface area contributed by atoms with Crippen molar-refractivity contribution in [2.45, 2.75) is 45.7 Å². The van der Waals surface area contributed by atoms with Crippen LogP contribution in [0.2, 0.25) is 0 Å². The minimum atomic E-state index is 0.200. The molecule has 2 saturated heterocycles. The number of nitrogens with zero attached hydrogens (tertiary/aromatic N) is 4. The van der Waals surface area contributed by atoms with Crippen LogP contribution in [0, 0.1) is 5.92 Å². The number of pyridine rings is 1. The molecular weight excluding hydrogens is 384 g/mol. The summed E-state index contributed by atoms with van der Waals surface area (Å²) in [7, 11) is 0. The highest BCUT2D eigenvalue weighted by molar-refractivity contribution is 5.79. The Bertz CT molecular complexity index is 820. The Morgan fingerprint density at radius 1 is 0.839 bits per heavy atom. The average molecular weight is 421 g/mol. The maximum absolute atomic E-state index is 13.1. The molecule has 0 atom stereocenters. The number of benzene rings is 1. The largest absolute Gasteiger partial charge is 0.340 e. The van der Waals surface area contributed by atoms with Crippen LogP contribution in [0.25, 0.3) is 0 Å². The molecule has 0 aliphatic carbocycles. The molecule has 4 rings (SSSR count). The number of hydrogen-bond acceptors (Lipinski definition) is 4. The summed E-state index contributed by atoms with van der Waals surface area (Å²) in [5.74, 6) is 1.16. The molecule has 0 bridgehead atoms. The van der Waals surface area contributed by atoms with Crippen molar-refractivity contribution in [3.8, 4) is 0 Å². The van der Waals surface area contributed by atoms with E-state index in [0.717, 1.165) is 65.2 Å². The second kappa shape index (κ2) is 10.4. The molecular formula is C26H36N4O. The van der Waals surface area contributed by atoms with E-state index in [2.05, 4.69) is 69.9 Å². The van der Waals surface area contributed by atoms with Crippen molar-refractivity contribution in [2.75, 3.05) is 39.3 Å². The molecule has 0 saturated carbocycles. The zero-order valence-corrected chi connectivity index (χ0v) is 19.0. The van der Waals surface area contributed by atoms with Crippen LogP contribution in [0.1, 0.15) is 49.3 Å². The van der Waals surface area contributed by atoms with E-state index < -0.39 is 0 Å². The number of amides is 1. The van der Waals surface area contributed by atoms with Gasteiger partial charge in [-0.2, -0.15) is 0 Å². The zero-order valence-electron chi connectivity index (χ0n) is 19.0. The SMILES string of the molecule is CC(C)c1ccc(CN2CCC(C(=O)N3CCN(Cc4ccncc4)CC3)CC2)cc1. The van der Waals surface area contributed by atoms with E-state index in [1.807, 2.05) is 12.4 Å². The van der Waals surface area contributed by atoms with Gasteiger partial charge in [0.2, 0.25) is 5.91 Å². The highest BCUT2D eigenvalue weighted by Gasteiger charge is 2.30. The lowest BCUT2D eigenvalue weighted by Crippen LogP contribution is -2.51. The van der Waals surface area contributed by atoms with Gasteiger partial charge < -0.3 is 4.90 Å². The first kappa shape index (κ1) is 22.0. The van der Waals surface area contributed by atoms with Crippen LogP contribution >= 0.6 is 0 Å². The topological polar surface area (TPSA) is 39.7 Å². The standard InChI is InChI=1S/C26H36N4O/c1-21(2)24-5-3-22(4-6-24)19-28-13-9-25(10-14-28)26(31)30-17-15-29(16-18-30)20-23-7-11-27-12-8-23/h3-8,11-12,21,25H,9-10,13-20H2,1-2H3. The number of carbonyl (C=O) groups excluding carboxylic acids is 1. The Morgan fingerprint density at radius 2 is 1.39 bits per heavy atom. The van der Waals surface area contributed by atoms with Gasteiger partial charge in [-0.25, -0.2) is 0 Å². The van der Waals surface area contributed by atoms with Crippen LogP contribution in [-0.4, -0.2) is 64.9 Å². The quantitative estimate of drug-likeness (QED) is 0.713. The molecule has 1 amide bonds. The van der Waals surface area contributed by atoms with Gasteiger partial charge in [0.1, 0.15) is 0 Å². The molecule has 166 valence electrons. The lowest BCUT2D eigenvalue weighted by molar-refractivity contribution is -0.139. The molecule has 0 N–H and O–H groups in total. The molecule has 5 heteroatoms. The lowest BCUT2D eigenvalue weighted by Gasteiger charge is -2.38. The summed E-state index contributed by atoms with van der Waals surface area (Å²) in [4.78, 5) is 24.2. The second-order valence-electron chi connectivity index (χ2n) is 9.40. The van der Waals surface area contributed by atoms with E-state index in [0.29, 0.717) is 11.8 Å². The average Bonchev–Trinajstić information content (AvgIpc) is 2.81. The molecule has 0 radical (unpaired) electrons. The molecule has 2 aliphatic rings. The Hall–Kier alpha value is -2.24. The number of hydrogen-bond donors (Lipinski definition) is 0. The third kappa shape index (κ3) is 5.92. The third-order valence-corrected chi connectivity index (χ3v) is 6.83. The number of piperazine rings is 1. The maximum Gasteiger partial charge on any atom is 0.225 e. The van der Waals surface area contributed by atoms with Gasteiger partial charge in [-0.1, -0.05) is 38.1 Å². The molecule has 2 aromatic rings. The van der Waals surface area contributed by atoms with Gasteiger partial charge >= 0.3 is 0 Å². The maximum atomic E-state index is 13.1. The van der Waals surface area contributed by atoms with Crippen LogP contribution in [0.5, 0.6) is 0 Å². The van der Waals surface area contributed by atoms with Gasteiger partial charge in [0.15, 0.2) is 0 Å². The summed E-state index contributed by atoms with van der Waals surface area (Å²) in [5.41, 5.74) is 4.06. The number of likely N-dealkylation sites (tertiary alicyclic amines) is 1. The van der Waals surface area contributed by atoms with Crippen molar-refractivity contribution in [1.29, 1.82) is 0 Å². The van der Waals surface area contributed by atoms with E-state index in [4.69, 9.17) is 0 Å². The number of aromatic nitrogens is 1. The molecule has 2 fully saturated rings. The summed E-state index contributed by atoms with van der Waals surface area (Å²) >= 11 is 0. The Labute approximate surface area is 187 Å². The monoisotopic (exact) mass is 420 g/mol. The predicted octanol–water partition coefficient (Wildman–Crippen LogP) is 3.76. The van der Waals surface area contributed by atoms with Gasteiger partial charge in [-0.15, -0.1) is 0 Å². The molecule has 2 aliphatic heterocycles. The summed E-state index contributed by atoms with van der Waals surface area (Å²) < 4.78 is 0. The molecule has 31 heavy (non-hydrogen) atoms. The fourth-order valence-corrected chi connectivity index (χ4v) is 4.74. The van der Waals surface area contributed by atoms with Crippen molar-refractivity contribution in [3.05, 3.63) is 65.5 Å². The first-order valence-corrected chi connectivity index (χ1v) is 11.8. The zero-order chi connectivity index (χ0) is 21.6. The molecule has 0 spiro atoms. The molecule has 3 heterocycles. The van der Waals surface area contributed by atoms with Gasteiger partial charge in [0, 0.05) is 57.6 Å². The van der Waals surface area contributed by atoms with Gasteiger partial charge in [-0.3, -0.25) is 19.6 Å². The normalized spacial score (nSPS) is 19.1. The highest BCUT2D eigenvalue weighted by atomic mass is 16.2. The van der Waals surface area contributed by atoms with E-state index in [1.165, 1.54) is 16.7 Å². The third-order valence-electron chi connectivity index (χ3n) is 6.83. The fraction of sp³-hybridized carbons (Fsp3) is 0.538. The first-order valence-electron chi connectivity index (χ1n) is 11.8. The first-order chi connectivity index (χ1) is 15.1. The molecule has 1 aromatic carbocycles.